The Balaban J connectivity index is 1.47. The average Bonchev–Trinajstić information content (AvgIpc) is 3.52. The maximum absolute atomic E-state index is 13.7. The lowest BCUT2D eigenvalue weighted by atomic mass is 10.2. The van der Waals surface area contributed by atoms with Crippen LogP contribution in [0.1, 0.15) is 19.1 Å². The lowest BCUT2D eigenvalue weighted by Gasteiger charge is -2.25. The van der Waals surface area contributed by atoms with Crippen molar-refractivity contribution in [2.24, 2.45) is 0 Å². The number of nitrogen functional groups attached to an aromatic ring is 1. The van der Waals surface area contributed by atoms with Crippen LogP contribution in [0.5, 0.6) is 5.75 Å². The van der Waals surface area contributed by atoms with E-state index in [-0.39, 0.29) is 40.9 Å². The van der Waals surface area contributed by atoms with E-state index < -0.39 is 52.6 Å². The Morgan fingerprint density at radius 3 is 2.76 bits per heavy atom. The van der Waals surface area contributed by atoms with E-state index in [9.17, 15) is 23.9 Å². The number of imidazole rings is 1. The van der Waals surface area contributed by atoms with Gasteiger partial charge < -0.3 is 29.7 Å². The van der Waals surface area contributed by atoms with Crippen LogP contribution >= 0.6 is 38.9 Å². The van der Waals surface area contributed by atoms with Crippen LogP contribution in [0.2, 0.25) is 5.28 Å². The Morgan fingerprint density at radius 1 is 1.33 bits per heavy atom. The van der Waals surface area contributed by atoms with Crippen LogP contribution in [0.4, 0.5) is 5.82 Å². The Hall–Kier alpha value is -2.30. The fourth-order valence-corrected chi connectivity index (χ4v) is 7.62. The van der Waals surface area contributed by atoms with Crippen molar-refractivity contribution < 1.29 is 46.8 Å². The quantitative estimate of drug-likeness (QED) is 0.110. The number of aliphatic hydroxyl groups excluding tert-OH is 1. The molecule has 1 aromatic carbocycles. The van der Waals surface area contributed by atoms with Gasteiger partial charge in [-0.25, -0.2) is 14.1 Å². The predicted octanol–water partition coefficient (Wildman–Crippen LogP) is 2.92. The number of thioether (sulfide) groups is 1. The molecule has 5 N–H and O–H groups in total. The SMILES string of the molecule is COC(=O)[C@H](CCSC)NP(=O)(Oc1ccccc1)OP(=O)(O)OCC1O[C@@H](n2cnc3c(N)nc(Cl)nc32)CC1O. The molecule has 3 heterocycles. The number of ether oxygens (including phenoxy) is 2. The molecular formula is C22H29ClN6O10P2S. The highest BCUT2D eigenvalue weighted by Crippen LogP contribution is 2.60. The van der Waals surface area contributed by atoms with E-state index in [0.29, 0.717) is 5.75 Å². The molecular weight excluding hydrogens is 638 g/mol. The van der Waals surface area contributed by atoms with Crippen molar-refractivity contribution in [3.8, 4) is 5.75 Å². The molecule has 0 aliphatic carbocycles. The van der Waals surface area contributed by atoms with Gasteiger partial charge >= 0.3 is 21.5 Å². The smallest absolute Gasteiger partial charge is 0.468 e. The van der Waals surface area contributed by atoms with Gasteiger partial charge in [-0.05, 0) is 42.2 Å². The Bertz CT molecular complexity index is 1490. The van der Waals surface area contributed by atoms with Gasteiger partial charge in [0.25, 0.3) is 0 Å². The number of para-hydroxylation sites is 1. The molecule has 0 spiro atoms. The van der Waals surface area contributed by atoms with E-state index in [1.54, 1.807) is 24.5 Å². The number of hydrogen-bond donors (Lipinski definition) is 4. The van der Waals surface area contributed by atoms with Crippen molar-refractivity contribution >= 4 is 61.9 Å². The minimum Gasteiger partial charge on any atom is -0.468 e. The van der Waals surface area contributed by atoms with Crippen LogP contribution in [-0.4, -0.2) is 79.5 Å². The third kappa shape index (κ3) is 8.20. The fraction of sp³-hybridized carbons (Fsp3) is 0.455. The van der Waals surface area contributed by atoms with Gasteiger partial charge in [-0.15, -0.1) is 0 Å². The fourth-order valence-electron chi connectivity index (χ4n) is 3.98. The van der Waals surface area contributed by atoms with Gasteiger partial charge in [0.1, 0.15) is 29.6 Å². The molecule has 2 aromatic heterocycles. The number of nitrogens with two attached hydrogens (primary N) is 1. The first-order valence-electron chi connectivity index (χ1n) is 12.3. The third-order valence-corrected chi connectivity index (χ3v) is 9.98. The molecule has 42 heavy (non-hydrogen) atoms. The van der Waals surface area contributed by atoms with Crippen molar-refractivity contribution in [2.45, 2.75) is 37.3 Å². The van der Waals surface area contributed by atoms with Gasteiger partial charge in [0.2, 0.25) is 5.28 Å². The summed E-state index contributed by atoms with van der Waals surface area (Å²) in [6.07, 6.45) is 0.285. The minimum absolute atomic E-state index is 0.0244. The molecule has 4 unspecified atom stereocenters. The van der Waals surface area contributed by atoms with Crippen molar-refractivity contribution in [1.82, 2.24) is 24.6 Å². The number of nitrogens with one attached hydrogen (secondary N) is 1. The van der Waals surface area contributed by atoms with E-state index in [4.69, 9.17) is 40.2 Å². The van der Waals surface area contributed by atoms with Crippen LogP contribution in [0.15, 0.2) is 36.7 Å². The molecule has 3 aromatic rings. The number of aromatic nitrogens is 4. The molecule has 16 nitrogen and oxygen atoms in total. The van der Waals surface area contributed by atoms with Crippen LogP contribution < -0.4 is 15.3 Å². The van der Waals surface area contributed by atoms with Gasteiger partial charge in [-0.1, -0.05) is 18.2 Å². The summed E-state index contributed by atoms with van der Waals surface area (Å²) in [7, 11) is -8.76. The molecule has 0 radical (unpaired) electrons. The molecule has 1 aliphatic rings. The molecule has 1 aliphatic heterocycles. The second-order valence-corrected chi connectivity index (χ2v) is 13.5. The van der Waals surface area contributed by atoms with Crippen LogP contribution in [0.25, 0.3) is 11.2 Å². The van der Waals surface area contributed by atoms with Crippen molar-refractivity contribution in [3.05, 3.63) is 41.9 Å². The number of halogens is 1. The molecule has 6 atom stereocenters. The summed E-state index contributed by atoms with van der Waals surface area (Å²) in [5.41, 5.74) is 6.37. The van der Waals surface area contributed by atoms with E-state index >= 15 is 0 Å². The first-order valence-corrected chi connectivity index (χ1v) is 17.1. The molecule has 0 bridgehead atoms. The molecule has 1 saturated heterocycles. The minimum atomic E-state index is -5.16. The van der Waals surface area contributed by atoms with Crippen molar-refractivity contribution in [2.75, 3.05) is 31.5 Å². The second kappa shape index (κ2) is 14.0. The monoisotopic (exact) mass is 666 g/mol. The molecule has 230 valence electrons. The molecule has 20 heteroatoms. The van der Waals surface area contributed by atoms with E-state index in [2.05, 4.69) is 20.0 Å². The van der Waals surface area contributed by atoms with Crippen molar-refractivity contribution in [3.63, 3.8) is 0 Å². The second-order valence-electron chi connectivity index (χ2n) is 8.87. The number of methoxy groups -OCH3 is 1. The highest BCUT2D eigenvalue weighted by molar-refractivity contribution is 7.98. The molecule has 4 rings (SSSR count). The Labute approximate surface area is 249 Å². The molecule has 1 fully saturated rings. The van der Waals surface area contributed by atoms with Gasteiger partial charge in [0.15, 0.2) is 11.5 Å². The summed E-state index contributed by atoms with van der Waals surface area (Å²) in [5.74, 6) is -0.247. The number of esters is 1. The highest BCUT2D eigenvalue weighted by atomic mass is 35.5. The summed E-state index contributed by atoms with van der Waals surface area (Å²) in [4.78, 5) is 34.9. The van der Waals surface area contributed by atoms with Crippen LogP contribution in [0.3, 0.4) is 0 Å². The summed E-state index contributed by atoms with van der Waals surface area (Å²) < 4.78 is 54.3. The zero-order valence-electron chi connectivity index (χ0n) is 22.3. The third-order valence-electron chi connectivity index (χ3n) is 5.93. The molecule has 0 amide bonds. The summed E-state index contributed by atoms with van der Waals surface area (Å²) in [5, 5.41) is 12.9. The van der Waals surface area contributed by atoms with E-state index in [1.165, 1.54) is 34.8 Å². The first-order chi connectivity index (χ1) is 19.9. The number of benzene rings is 1. The normalized spacial score (nSPS) is 22.4. The van der Waals surface area contributed by atoms with E-state index in [0.717, 1.165) is 7.11 Å². The number of carbonyl (C=O) groups is 1. The van der Waals surface area contributed by atoms with Gasteiger partial charge in [-0.3, -0.25) is 13.9 Å². The van der Waals surface area contributed by atoms with Gasteiger partial charge in [0, 0.05) is 6.42 Å². The Kier molecular flexibility index (Phi) is 10.9. The number of rotatable bonds is 14. The van der Waals surface area contributed by atoms with E-state index in [1.807, 2.05) is 0 Å². The molecule has 0 saturated carbocycles. The summed E-state index contributed by atoms with van der Waals surface area (Å²) >= 11 is 7.32. The number of phosphoric acid groups is 1. The van der Waals surface area contributed by atoms with Crippen molar-refractivity contribution in [1.29, 1.82) is 0 Å². The van der Waals surface area contributed by atoms with Crippen LogP contribution in [0, 0.1) is 0 Å². The largest absolute Gasteiger partial charge is 0.481 e. The first kappa shape index (κ1) is 32.6. The van der Waals surface area contributed by atoms with Gasteiger partial charge in [0.05, 0.1) is 26.1 Å². The van der Waals surface area contributed by atoms with Gasteiger partial charge in [-0.2, -0.15) is 31.1 Å². The summed E-state index contributed by atoms with van der Waals surface area (Å²) in [6, 6.07) is 6.49. The predicted molar refractivity (Wildman–Crippen MR) is 153 cm³/mol. The zero-order chi connectivity index (χ0) is 30.5. The average molecular weight is 667 g/mol. The number of phosphoric ester groups is 1. The number of anilines is 1. The topological polar surface area (TPSA) is 219 Å². The standard InChI is InChI=1S/C22H29ClN6O10P2S/c1-35-21(31)14(8-9-42-2)28-40(32,38-13-6-4-3-5-7-13)39-41(33,34)36-11-16-15(30)10-17(37-16)29-12-25-18-19(24)26-22(23)27-20(18)29/h3-7,12,14-17,30H,8-11H2,1-2H3,(H,28,32)(H,33,34)(H2,24,26,27)/t14-,15?,16?,17+,40?/m0/s1. The number of nitrogens with zero attached hydrogens (tertiary/aromatic N) is 4. The maximum Gasteiger partial charge on any atom is 0.481 e. The number of aliphatic hydroxyl groups is 1. The number of fused-ring (bicyclic) bond motifs is 1. The zero-order valence-corrected chi connectivity index (χ0v) is 25.7. The van der Waals surface area contributed by atoms with Crippen LogP contribution in [-0.2, 0) is 32.2 Å². The lowest BCUT2D eigenvalue weighted by molar-refractivity contribution is -0.142. The number of carbonyl (C=O) groups excluding carboxylic acids is 1. The maximum atomic E-state index is 13.7. The highest BCUT2D eigenvalue weighted by Gasteiger charge is 2.43. The number of hydrogen-bond acceptors (Lipinski definition) is 14. The Morgan fingerprint density at radius 2 is 2.07 bits per heavy atom. The lowest BCUT2D eigenvalue weighted by Crippen LogP contribution is -2.37. The summed E-state index contributed by atoms with van der Waals surface area (Å²) in [6.45, 7) is -0.645.